The molecule has 0 bridgehead atoms. The molecule has 0 saturated heterocycles. The molecule has 0 amide bonds. The van der Waals surface area contributed by atoms with E-state index in [-0.39, 0.29) is 0 Å². The summed E-state index contributed by atoms with van der Waals surface area (Å²) in [7, 11) is 0. The summed E-state index contributed by atoms with van der Waals surface area (Å²) in [6.07, 6.45) is 10.3. The van der Waals surface area contributed by atoms with Crippen LogP contribution in [0.1, 0.15) is 0 Å². The second-order valence-corrected chi connectivity index (χ2v) is 2.23. The molecule has 0 heterocycles. The maximum absolute atomic E-state index is 2.21. The van der Waals surface area contributed by atoms with Crippen molar-refractivity contribution in [1.29, 1.82) is 0 Å². The number of allylic oxidation sites excluding steroid dienone is 1. The molecule has 0 spiro atoms. The fourth-order valence-corrected chi connectivity index (χ4v) is 0.988. The molecule has 1 rings (SSSR count). The Kier molecular flexibility index (Phi) is 2.87. The van der Waals surface area contributed by atoms with E-state index >= 15 is 0 Å². The zero-order chi connectivity index (χ0) is 5.82. The van der Waals surface area contributed by atoms with Crippen LogP contribution in [0.15, 0.2) is 10.2 Å². The number of halogens is 1. The van der Waals surface area contributed by atoms with Crippen molar-refractivity contribution < 1.29 is 0 Å². The van der Waals surface area contributed by atoms with Crippen molar-refractivity contribution in [2.24, 2.45) is 0 Å². The van der Waals surface area contributed by atoms with Gasteiger partial charge in [-0.3, -0.25) is 0 Å². The van der Waals surface area contributed by atoms with Crippen LogP contribution >= 0.6 is 22.6 Å². The van der Waals surface area contributed by atoms with Crippen LogP contribution in [0.2, 0.25) is 0 Å². The molecule has 0 nitrogen and oxygen atoms in total. The van der Waals surface area contributed by atoms with Crippen molar-refractivity contribution in [2.75, 3.05) is 0 Å². The van der Waals surface area contributed by atoms with E-state index in [0.29, 0.717) is 0 Å². The third kappa shape index (κ3) is 1.77. The summed E-state index contributed by atoms with van der Waals surface area (Å²) < 4.78 is 2.01. The topological polar surface area (TPSA) is 0 Å². The van der Waals surface area contributed by atoms with Gasteiger partial charge in [0.05, 0.1) is 0 Å². The van der Waals surface area contributed by atoms with Crippen molar-refractivity contribution in [3.05, 3.63) is 41.8 Å². The second kappa shape index (κ2) is 3.49. The molecule has 0 aromatic heterocycles. The first kappa shape index (κ1) is 6.59. The average molecular weight is 217 g/mol. The SMILES string of the molecule is I/C=C/[C]1[CH][CH][CH][CH]1. The lowest BCUT2D eigenvalue weighted by atomic mass is 10.1. The van der Waals surface area contributed by atoms with Gasteiger partial charge in [-0.2, -0.15) is 0 Å². The Hall–Kier alpha value is 0.470. The van der Waals surface area contributed by atoms with Crippen molar-refractivity contribution in [3.8, 4) is 0 Å². The fourth-order valence-electron chi connectivity index (χ4n) is 0.573. The Morgan fingerprint density at radius 3 is 2.38 bits per heavy atom. The molecule has 0 N–H and O–H groups in total. The Bertz CT molecular complexity index is 80.4. The minimum Gasteiger partial charge on any atom is -0.0707 e. The quantitative estimate of drug-likeness (QED) is 0.591. The highest BCUT2D eigenvalue weighted by Gasteiger charge is 2.12. The van der Waals surface area contributed by atoms with Crippen LogP contribution in [-0.4, -0.2) is 0 Å². The van der Waals surface area contributed by atoms with Gasteiger partial charge in [-0.15, -0.1) is 0 Å². The van der Waals surface area contributed by atoms with Gasteiger partial charge in [-0.05, 0) is 29.8 Å². The molecular formula is C7H6I. The monoisotopic (exact) mass is 217 g/mol. The molecule has 0 atom stereocenters. The Morgan fingerprint density at radius 2 is 1.88 bits per heavy atom. The summed E-state index contributed by atoms with van der Waals surface area (Å²) >= 11 is 2.21. The Morgan fingerprint density at radius 1 is 1.25 bits per heavy atom. The van der Waals surface area contributed by atoms with E-state index in [9.17, 15) is 0 Å². The number of hydrogen-bond donors (Lipinski definition) is 0. The molecule has 1 saturated carbocycles. The van der Waals surface area contributed by atoms with Crippen molar-refractivity contribution in [2.45, 2.75) is 0 Å². The number of rotatable bonds is 1. The zero-order valence-electron chi connectivity index (χ0n) is 4.34. The lowest BCUT2D eigenvalue weighted by Gasteiger charge is -1.93. The summed E-state index contributed by atoms with van der Waals surface area (Å²) in [5.74, 6) is 1.28. The molecule has 1 fully saturated rings. The summed E-state index contributed by atoms with van der Waals surface area (Å²) in [5, 5.41) is 0. The van der Waals surface area contributed by atoms with Gasteiger partial charge in [0.2, 0.25) is 0 Å². The summed E-state index contributed by atoms with van der Waals surface area (Å²) in [6, 6.07) is 0. The van der Waals surface area contributed by atoms with Crippen LogP contribution in [0, 0.1) is 31.6 Å². The molecule has 0 aromatic rings. The second-order valence-electron chi connectivity index (χ2n) is 1.51. The summed E-state index contributed by atoms with van der Waals surface area (Å²) in [6.45, 7) is 0. The highest BCUT2D eigenvalue weighted by molar-refractivity contribution is 14.1. The van der Waals surface area contributed by atoms with Crippen molar-refractivity contribution in [3.63, 3.8) is 0 Å². The minimum atomic E-state index is 1.28. The maximum atomic E-state index is 2.21. The predicted molar refractivity (Wildman–Crippen MR) is 43.6 cm³/mol. The van der Waals surface area contributed by atoms with E-state index < -0.39 is 0 Å². The summed E-state index contributed by atoms with van der Waals surface area (Å²) in [5.41, 5.74) is 0. The third-order valence-electron chi connectivity index (χ3n) is 0.944. The van der Waals surface area contributed by atoms with Crippen LogP contribution in [0.4, 0.5) is 0 Å². The molecule has 5 radical (unpaired) electrons. The zero-order valence-corrected chi connectivity index (χ0v) is 6.50. The van der Waals surface area contributed by atoms with E-state index in [2.05, 4.69) is 41.5 Å². The largest absolute Gasteiger partial charge is 0.0707 e. The lowest BCUT2D eigenvalue weighted by Crippen LogP contribution is -1.81. The van der Waals surface area contributed by atoms with Crippen molar-refractivity contribution in [1.82, 2.24) is 0 Å². The Balaban J connectivity index is 2.24. The highest BCUT2D eigenvalue weighted by Crippen LogP contribution is 2.24. The van der Waals surface area contributed by atoms with Gasteiger partial charge in [-0.25, -0.2) is 0 Å². The van der Waals surface area contributed by atoms with Gasteiger partial charge in [-0.1, -0.05) is 28.7 Å². The standard InChI is InChI=1S/C7H6I/c8-6-5-7-3-1-2-4-7/h1-6H/b6-5+. The fraction of sp³-hybridized carbons (Fsp3) is 0. The molecule has 0 unspecified atom stereocenters. The normalized spacial score (nSPS) is 23.1. The van der Waals surface area contributed by atoms with Gasteiger partial charge in [0.1, 0.15) is 0 Å². The first-order valence-electron chi connectivity index (χ1n) is 2.42. The number of hydrogen-bond acceptors (Lipinski definition) is 0. The van der Waals surface area contributed by atoms with Crippen LogP contribution in [0.25, 0.3) is 0 Å². The molecule has 1 aliphatic rings. The minimum absolute atomic E-state index is 1.28. The van der Waals surface area contributed by atoms with E-state index in [4.69, 9.17) is 0 Å². The van der Waals surface area contributed by atoms with Gasteiger partial charge in [0.15, 0.2) is 0 Å². The molecule has 8 heavy (non-hydrogen) atoms. The molecule has 1 aliphatic carbocycles. The molecule has 41 valence electrons. The first-order valence-corrected chi connectivity index (χ1v) is 3.66. The van der Waals surface area contributed by atoms with Crippen LogP contribution in [0.3, 0.4) is 0 Å². The van der Waals surface area contributed by atoms with Gasteiger partial charge < -0.3 is 0 Å². The van der Waals surface area contributed by atoms with Gasteiger partial charge in [0.25, 0.3) is 0 Å². The van der Waals surface area contributed by atoms with Crippen molar-refractivity contribution >= 4 is 22.6 Å². The van der Waals surface area contributed by atoms with E-state index in [1.165, 1.54) is 5.92 Å². The van der Waals surface area contributed by atoms with Crippen LogP contribution in [0.5, 0.6) is 0 Å². The van der Waals surface area contributed by atoms with E-state index in [1.54, 1.807) is 0 Å². The smallest absolute Gasteiger partial charge is 0.00545 e. The van der Waals surface area contributed by atoms with Crippen LogP contribution < -0.4 is 0 Å². The third-order valence-corrected chi connectivity index (χ3v) is 1.30. The van der Waals surface area contributed by atoms with Crippen LogP contribution in [-0.2, 0) is 0 Å². The molecule has 0 aliphatic heterocycles. The maximum Gasteiger partial charge on any atom is 0.00545 e. The van der Waals surface area contributed by atoms with E-state index in [1.807, 2.05) is 16.9 Å². The first-order chi connectivity index (χ1) is 3.93. The average Bonchev–Trinajstić information content (AvgIpc) is 2.19. The highest BCUT2D eigenvalue weighted by atomic mass is 127. The lowest BCUT2D eigenvalue weighted by molar-refractivity contribution is 1.39. The summed E-state index contributed by atoms with van der Waals surface area (Å²) in [4.78, 5) is 0. The molecular weight excluding hydrogens is 211 g/mol. The van der Waals surface area contributed by atoms with E-state index in [0.717, 1.165) is 0 Å². The predicted octanol–water partition coefficient (Wildman–Crippen LogP) is 2.34. The molecule has 0 aromatic carbocycles. The molecule has 1 heteroatoms. The van der Waals surface area contributed by atoms with Gasteiger partial charge in [0, 0.05) is 5.92 Å². The Labute approximate surface area is 64.5 Å². The van der Waals surface area contributed by atoms with Gasteiger partial charge >= 0.3 is 0 Å².